The lowest BCUT2D eigenvalue weighted by Gasteiger charge is -2.21. The molecule has 0 bridgehead atoms. The van der Waals surface area contributed by atoms with E-state index in [9.17, 15) is 0 Å². The van der Waals surface area contributed by atoms with Gasteiger partial charge >= 0.3 is 0 Å². The highest BCUT2D eigenvalue weighted by atomic mass is 127. The van der Waals surface area contributed by atoms with Crippen molar-refractivity contribution in [1.82, 2.24) is 14.9 Å². The lowest BCUT2D eigenvalue weighted by atomic mass is 10.1. The van der Waals surface area contributed by atoms with Crippen LogP contribution >= 0.6 is 38.5 Å². The van der Waals surface area contributed by atoms with Crippen molar-refractivity contribution in [2.45, 2.75) is 32.9 Å². The minimum Gasteiger partial charge on any atom is -0.334 e. The summed E-state index contributed by atoms with van der Waals surface area (Å²) in [4.78, 5) is 4.56. The first-order valence-corrected chi connectivity index (χ1v) is 8.73. The van der Waals surface area contributed by atoms with Gasteiger partial charge in [-0.05, 0) is 66.2 Å². The zero-order chi connectivity index (χ0) is 14.5. The van der Waals surface area contributed by atoms with E-state index >= 15 is 0 Å². The summed E-state index contributed by atoms with van der Waals surface area (Å²) < 4.78 is 4.55. The van der Waals surface area contributed by atoms with E-state index in [1.807, 2.05) is 12.4 Å². The summed E-state index contributed by atoms with van der Waals surface area (Å²) in [7, 11) is 0. The van der Waals surface area contributed by atoms with Crippen molar-refractivity contribution >= 4 is 38.5 Å². The summed E-state index contributed by atoms with van der Waals surface area (Å²) in [5, 5.41) is 3.61. The van der Waals surface area contributed by atoms with Crippen LogP contribution in [0.3, 0.4) is 0 Å². The first kappa shape index (κ1) is 16.0. The number of halogens is 2. The standard InChI is InChI=1S/C15H19BrIN3/c1-3-7-18-14(15-19-8-9-20(15)4-2)12-10-11(17)5-6-13(12)16/h5-6,8-10,14,18H,3-4,7H2,1-2H3. The molecule has 108 valence electrons. The Balaban J connectivity index is 2.44. The average molecular weight is 448 g/mol. The molecule has 2 aromatic rings. The number of rotatable bonds is 6. The van der Waals surface area contributed by atoms with Gasteiger partial charge in [-0.15, -0.1) is 0 Å². The number of nitrogens with zero attached hydrogens (tertiary/aromatic N) is 2. The van der Waals surface area contributed by atoms with Gasteiger partial charge in [0.2, 0.25) is 0 Å². The van der Waals surface area contributed by atoms with Crippen LogP contribution in [0.2, 0.25) is 0 Å². The molecular formula is C15H19BrIN3. The summed E-state index contributed by atoms with van der Waals surface area (Å²) in [5.41, 5.74) is 1.24. The fourth-order valence-electron chi connectivity index (χ4n) is 2.21. The zero-order valence-electron chi connectivity index (χ0n) is 11.7. The molecule has 0 aliphatic heterocycles. The normalized spacial score (nSPS) is 12.6. The quantitative estimate of drug-likeness (QED) is 0.666. The minimum absolute atomic E-state index is 0.119. The van der Waals surface area contributed by atoms with Crippen LogP contribution < -0.4 is 5.32 Å². The van der Waals surface area contributed by atoms with E-state index in [4.69, 9.17) is 0 Å². The summed E-state index contributed by atoms with van der Waals surface area (Å²) in [6, 6.07) is 6.55. The topological polar surface area (TPSA) is 29.9 Å². The molecule has 3 nitrogen and oxygen atoms in total. The SMILES string of the molecule is CCCNC(c1cc(I)ccc1Br)c1nccn1CC. The number of benzene rings is 1. The van der Waals surface area contributed by atoms with Crippen molar-refractivity contribution in [1.29, 1.82) is 0 Å². The van der Waals surface area contributed by atoms with E-state index in [1.54, 1.807) is 0 Å². The van der Waals surface area contributed by atoms with Crippen LogP contribution in [0.15, 0.2) is 35.1 Å². The monoisotopic (exact) mass is 447 g/mol. The number of imidazole rings is 1. The molecule has 20 heavy (non-hydrogen) atoms. The Morgan fingerprint density at radius 3 is 2.90 bits per heavy atom. The van der Waals surface area contributed by atoms with Gasteiger partial charge < -0.3 is 9.88 Å². The fourth-order valence-corrected chi connectivity index (χ4v) is 3.20. The van der Waals surface area contributed by atoms with Gasteiger partial charge in [-0.25, -0.2) is 4.98 Å². The molecule has 0 aliphatic carbocycles. The molecule has 0 radical (unpaired) electrons. The largest absolute Gasteiger partial charge is 0.334 e. The second kappa shape index (κ2) is 7.56. The van der Waals surface area contributed by atoms with Crippen molar-refractivity contribution in [3.63, 3.8) is 0 Å². The third-order valence-electron chi connectivity index (χ3n) is 3.21. The second-order valence-corrected chi connectivity index (χ2v) is 6.72. The molecule has 1 heterocycles. The van der Waals surface area contributed by atoms with Gasteiger partial charge in [0, 0.05) is 27.0 Å². The summed E-state index contributed by atoms with van der Waals surface area (Å²) >= 11 is 6.03. The second-order valence-electron chi connectivity index (χ2n) is 4.62. The highest BCUT2D eigenvalue weighted by Crippen LogP contribution is 2.29. The van der Waals surface area contributed by atoms with Crippen molar-refractivity contribution in [2.24, 2.45) is 0 Å². The first-order chi connectivity index (χ1) is 9.67. The molecule has 1 N–H and O–H groups in total. The third-order valence-corrected chi connectivity index (χ3v) is 4.61. The van der Waals surface area contributed by atoms with E-state index in [2.05, 4.69) is 85.4 Å². The van der Waals surface area contributed by atoms with Crippen LogP contribution in [0.1, 0.15) is 37.7 Å². The van der Waals surface area contributed by atoms with Gasteiger partial charge in [0.05, 0.1) is 6.04 Å². The molecule has 0 saturated heterocycles. The van der Waals surface area contributed by atoms with Crippen LogP contribution in [0.25, 0.3) is 0 Å². The van der Waals surface area contributed by atoms with Crippen molar-refractivity contribution in [3.8, 4) is 0 Å². The third kappa shape index (κ3) is 3.62. The molecule has 0 spiro atoms. The molecule has 0 fully saturated rings. The number of nitrogens with one attached hydrogen (secondary N) is 1. The first-order valence-electron chi connectivity index (χ1n) is 6.86. The van der Waals surface area contributed by atoms with E-state index in [-0.39, 0.29) is 6.04 Å². The summed E-state index contributed by atoms with van der Waals surface area (Å²) in [5.74, 6) is 1.07. The summed E-state index contributed by atoms with van der Waals surface area (Å²) in [6.07, 6.45) is 5.02. The van der Waals surface area contributed by atoms with Gasteiger partial charge in [-0.3, -0.25) is 0 Å². The lowest BCUT2D eigenvalue weighted by Crippen LogP contribution is -2.26. The molecule has 1 unspecified atom stereocenters. The average Bonchev–Trinajstić information content (AvgIpc) is 2.91. The Morgan fingerprint density at radius 2 is 2.20 bits per heavy atom. The highest BCUT2D eigenvalue weighted by Gasteiger charge is 2.20. The molecule has 0 amide bonds. The Hall–Kier alpha value is -0.400. The van der Waals surface area contributed by atoms with Crippen LogP contribution in [-0.4, -0.2) is 16.1 Å². The molecule has 1 aromatic carbocycles. The predicted molar refractivity (Wildman–Crippen MR) is 94.9 cm³/mol. The van der Waals surface area contributed by atoms with E-state index in [0.29, 0.717) is 0 Å². The maximum Gasteiger partial charge on any atom is 0.130 e. The summed E-state index contributed by atoms with van der Waals surface area (Å²) in [6.45, 7) is 6.23. The molecule has 0 aliphatic rings. The maximum absolute atomic E-state index is 4.56. The Bertz CT molecular complexity index is 568. The molecule has 5 heteroatoms. The van der Waals surface area contributed by atoms with Crippen LogP contribution in [-0.2, 0) is 6.54 Å². The maximum atomic E-state index is 4.56. The van der Waals surface area contributed by atoms with Crippen LogP contribution in [0.4, 0.5) is 0 Å². The Kier molecular flexibility index (Phi) is 6.04. The van der Waals surface area contributed by atoms with Crippen molar-refractivity contribution in [3.05, 3.63) is 50.0 Å². The number of aryl methyl sites for hydroxylation is 1. The number of hydrogen-bond acceptors (Lipinski definition) is 2. The van der Waals surface area contributed by atoms with Crippen molar-refractivity contribution < 1.29 is 0 Å². The van der Waals surface area contributed by atoms with Crippen LogP contribution in [0, 0.1) is 3.57 Å². The molecule has 2 rings (SSSR count). The Morgan fingerprint density at radius 1 is 1.40 bits per heavy atom. The van der Waals surface area contributed by atoms with Gasteiger partial charge in [0.25, 0.3) is 0 Å². The molecule has 1 atom stereocenters. The van der Waals surface area contributed by atoms with Gasteiger partial charge in [-0.2, -0.15) is 0 Å². The van der Waals surface area contributed by atoms with Gasteiger partial charge in [0.15, 0.2) is 0 Å². The van der Waals surface area contributed by atoms with E-state index in [1.165, 1.54) is 9.13 Å². The molecule has 0 saturated carbocycles. The molecule has 1 aromatic heterocycles. The fraction of sp³-hybridized carbons (Fsp3) is 0.400. The Labute approximate surface area is 142 Å². The smallest absolute Gasteiger partial charge is 0.130 e. The van der Waals surface area contributed by atoms with E-state index < -0.39 is 0 Å². The lowest BCUT2D eigenvalue weighted by molar-refractivity contribution is 0.540. The van der Waals surface area contributed by atoms with Crippen molar-refractivity contribution in [2.75, 3.05) is 6.54 Å². The number of aromatic nitrogens is 2. The number of hydrogen-bond donors (Lipinski definition) is 1. The predicted octanol–water partition coefficient (Wildman–Crippen LogP) is 4.36. The zero-order valence-corrected chi connectivity index (χ0v) is 15.5. The van der Waals surface area contributed by atoms with Crippen LogP contribution in [0.5, 0.6) is 0 Å². The van der Waals surface area contributed by atoms with Gasteiger partial charge in [0.1, 0.15) is 5.82 Å². The highest BCUT2D eigenvalue weighted by molar-refractivity contribution is 14.1. The van der Waals surface area contributed by atoms with Gasteiger partial charge in [-0.1, -0.05) is 22.9 Å². The van der Waals surface area contributed by atoms with E-state index in [0.717, 1.165) is 29.8 Å². The minimum atomic E-state index is 0.119. The molecular weight excluding hydrogens is 429 g/mol.